The van der Waals surface area contributed by atoms with Crippen molar-refractivity contribution < 1.29 is 23.9 Å². The molecule has 36 heavy (non-hydrogen) atoms. The van der Waals surface area contributed by atoms with Gasteiger partial charge in [-0.15, -0.1) is 11.3 Å². The van der Waals surface area contributed by atoms with Crippen LogP contribution < -0.4 is 5.32 Å². The first-order valence-corrected chi connectivity index (χ1v) is 12.4. The number of hydrogen-bond acceptors (Lipinski definition) is 6. The number of nitrogens with one attached hydrogen (secondary N) is 1. The Hall–Kier alpha value is -3.88. The summed E-state index contributed by atoms with van der Waals surface area (Å²) in [5.41, 5.74) is 2.53. The number of carbonyl (C=O) groups is 4. The maximum Gasteiger partial charge on any atom is 0.341 e. The number of anilines is 1. The Morgan fingerprint density at radius 1 is 0.778 bits per heavy atom. The molecule has 0 fully saturated rings. The molecule has 1 N–H and O–H groups in total. The predicted molar refractivity (Wildman–Crippen MR) is 143 cm³/mol. The minimum atomic E-state index is -0.658. The summed E-state index contributed by atoms with van der Waals surface area (Å²) >= 11 is 4.68. The van der Waals surface area contributed by atoms with Crippen LogP contribution in [0.2, 0.25) is 0 Å². The summed E-state index contributed by atoms with van der Waals surface area (Å²) in [5.74, 6) is -2.30. The lowest BCUT2D eigenvalue weighted by atomic mass is 10.0. The second kappa shape index (κ2) is 10.8. The monoisotopic (exact) mass is 561 g/mol. The number of benzene rings is 3. The average molecular weight is 562 g/mol. The van der Waals surface area contributed by atoms with Gasteiger partial charge in [0.25, 0.3) is 5.91 Å². The van der Waals surface area contributed by atoms with Gasteiger partial charge in [-0.2, -0.15) is 0 Å². The fourth-order valence-corrected chi connectivity index (χ4v) is 5.02. The molecule has 180 valence electrons. The highest BCUT2D eigenvalue weighted by molar-refractivity contribution is 9.10. The smallest absolute Gasteiger partial charge is 0.341 e. The van der Waals surface area contributed by atoms with Gasteiger partial charge in [0.1, 0.15) is 10.6 Å². The third kappa shape index (κ3) is 5.19. The maximum atomic E-state index is 13.0. The zero-order valence-electron chi connectivity index (χ0n) is 19.3. The molecule has 0 saturated heterocycles. The first kappa shape index (κ1) is 25.2. The van der Waals surface area contributed by atoms with E-state index in [0.717, 1.165) is 14.9 Å². The van der Waals surface area contributed by atoms with Gasteiger partial charge in [-0.05, 0) is 36.8 Å². The summed E-state index contributed by atoms with van der Waals surface area (Å²) in [6.07, 6.45) is 0. The number of methoxy groups -OCH3 is 1. The van der Waals surface area contributed by atoms with E-state index >= 15 is 0 Å². The molecule has 0 aliphatic heterocycles. The van der Waals surface area contributed by atoms with E-state index in [-0.39, 0.29) is 16.7 Å². The van der Waals surface area contributed by atoms with Gasteiger partial charge in [0, 0.05) is 31.6 Å². The average Bonchev–Trinajstić information content (AvgIpc) is 3.23. The Labute approximate surface area is 220 Å². The second-order valence-corrected chi connectivity index (χ2v) is 9.93. The molecule has 4 rings (SSSR count). The van der Waals surface area contributed by atoms with Gasteiger partial charge < -0.3 is 10.1 Å². The summed E-state index contributed by atoms with van der Waals surface area (Å²) < 4.78 is 5.90. The Morgan fingerprint density at radius 3 is 1.92 bits per heavy atom. The Balaban J connectivity index is 1.59. The topological polar surface area (TPSA) is 89.5 Å². The Bertz CT molecular complexity index is 1460. The fraction of sp³-hybridized carbons (Fsp3) is 0.0714. The summed E-state index contributed by atoms with van der Waals surface area (Å²) in [6, 6.07) is 21.6. The molecule has 0 atom stereocenters. The van der Waals surface area contributed by atoms with E-state index < -0.39 is 23.4 Å². The highest BCUT2D eigenvalue weighted by atomic mass is 79.9. The molecular formula is C28H20BrNO5S. The van der Waals surface area contributed by atoms with Gasteiger partial charge in [-0.25, -0.2) is 4.79 Å². The highest BCUT2D eigenvalue weighted by Crippen LogP contribution is 2.40. The molecule has 6 nitrogen and oxygen atoms in total. The van der Waals surface area contributed by atoms with Crippen molar-refractivity contribution in [3.8, 4) is 11.1 Å². The third-order valence-corrected chi connectivity index (χ3v) is 7.03. The highest BCUT2D eigenvalue weighted by Gasteiger charge is 2.26. The maximum absolute atomic E-state index is 13.0. The lowest BCUT2D eigenvalue weighted by Crippen LogP contribution is -2.16. The van der Waals surface area contributed by atoms with E-state index in [9.17, 15) is 19.2 Å². The van der Waals surface area contributed by atoms with Crippen LogP contribution >= 0.6 is 27.3 Å². The molecule has 1 amide bonds. The minimum Gasteiger partial charge on any atom is -0.465 e. The van der Waals surface area contributed by atoms with Crippen LogP contribution in [0.15, 0.2) is 83.3 Å². The van der Waals surface area contributed by atoms with Crippen LogP contribution in [-0.4, -0.2) is 30.6 Å². The Kier molecular flexibility index (Phi) is 7.57. The third-order valence-electron chi connectivity index (χ3n) is 5.49. The number of thiophene rings is 1. The molecule has 3 aromatic carbocycles. The number of carbonyl (C=O) groups excluding carboxylic acids is 4. The van der Waals surface area contributed by atoms with Crippen molar-refractivity contribution in [1.29, 1.82) is 0 Å². The summed E-state index contributed by atoms with van der Waals surface area (Å²) in [7, 11) is 1.29. The lowest BCUT2D eigenvalue weighted by molar-refractivity contribution is 0.0603. The van der Waals surface area contributed by atoms with Crippen molar-refractivity contribution in [2.45, 2.75) is 6.92 Å². The summed E-state index contributed by atoms with van der Waals surface area (Å²) in [6.45, 7) is 1.87. The molecule has 0 aliphatic rings. The Morgan fingerprint density at radius 2 is 1.33 bits per heavy atom. The number of hydrogen-bond donors (Lipinski definition) is 1. The number of ketones is 2. The zero-order chi connectivity index (χ0) is 25.8. The van der Waals surface area contributed by atoms with E-state index in [0.29, 0.717) is 16.1 Å². The molecule has 4 aromatic rings. The van der Waals surface area contributed by atoms with Gasteiger partial charge in [-0.1, -0.05) is 70.5 Å². The second-order valence-electron chi connectivity index (χ2n) is 7.79. The van der Waals surface area contributed by atoms with E-state index in [1.807, 2.05) is 31.2 Å². The SMILES string of the molecule is COC(=O)c1c(NC(=O)c2ccc(C(=O)C(=O)c3ccccc3)cc2)sc(C)c1-c1ccc(Br)cc1. The normalized spacial score (nSPS) is 10.5. The molecule has 8 heteroatoms. The number of halogens is 1. The first-order chi connectivity index (χ1) is 17.3. The van der Waals surface area contributed by atoms with Crippen LogP contribution in [0.4, 0.5) is 5.00 Å². The fourth-order valence-electron chi connectivity index (χ4n) is 3.69. The van der Waals surface area contributed by atoms with Crippen molar-refractivity contribution in [3.63, 3.8) is 0 Å². The molecule has 1 heterocycles. The van der Waals surface area contributed by atoms with Crippen molar-refractivity contribution in [2.75, 3.05) is 12.4 Å². The number of esters is 1. The number of amides is 1. The van der Waals surface area contributed by atoms with Gasteiger partial charge >= 0.3 is 5.97 Å². The van der Waals surface area contributed by atoms with Crippen LogP contribution in [-0.2, 0) is 4.74 Å². The molecule has 0 bridgehead atoms. The standard InChI is InChI=1S/C28H20BrNO5S/c1-16-22(17-12-14-21(29)15-13-17)23(28(34)35-2)27(36-16)30-26(33)20-10-8-19(9-11-20)25(32)24(31)18-6-4-3-5-7-18/h3-15H,1-2H3,(H,30,33). The minimum absolute atomic E-state index is 0.181. The van der Waals surface area contributed by atoms with Crippen LogP contribution in [0.25, 0.3) is 11.1 Å². The molecule has 0 unspecified atom stereocenters. The molecule has 0 spiro atoms. The molecule has 0 radical (unpaired) electrons. The predicted octanol–water partition coefficient (Wildman–Crippen LogP) is 6.59. The largest absolute Gasteiger partial charge is 0.465 e. The summed E-state index contributed by atoms with van der Waals surface area (Å²) in [4.78, 5) is 51.5. The van der Waals surface area contributed by atoms with Gasteiger partial charge in [0.2, 0.25) is 11.6 Å². The van der Waals surface area contributed by atoms with Crippen molar-refractivity contribution >= 4 is 55.7 Å². The van der Waals surface area contributed by atoms with E-state index in [1.165, 1.54) is 42.7 Å². The van der Waals surface area contributed by atoms with Crippen LogP contribution in [0.5, 0.6) is 0 Å². The van der Waals surface area contributed by atoms with Gasteiger partial charge in [0.05, 0.1) is 7.11 Å². The molecule has 0 aliphatic carbocycles. The quantitative estimate of drug-likeness (QED) is 0.156. The first-order valence-electron chi connectivity index (χ1n) is 10.8. The number of ether oxygens (including phenoxy) is 1. The van der Waals surface area contributed by atoms with E-state index in [4.69, 9.17) is 4.74 Å². The van der Waals surface area contributed by atoms with E-state index in [1.54, 1.807) is 30.3 Å². The van der Waals surface area contributed by atoms with Crippen LogP contribution in [0.3, 0.4) is 0 Å². The zero-order valence-corrected chi connectivity index (χ0v) is 21.7. The van der Waals surface area contributed by atoms with Gasteiger partial charge in [0.15, 0.2) is 0 Å². The molecule has 1 aromatic heterocycles. The summed E-state index contributed by atoms with van der Waals surface area (Å²) in [5, 5.41) is 3.16. The van der Waals surface area contributed by atoms with Crippen molar-refractivity contribution in [3.05, 3.63) is 110 Å². The van der Waals surface area contributed by atoms with Crippen molar-refractivity contribution in [2.24, 2.45) is 0 Å². The number of rotatable bonds is 7. The molecule has 0 saturated carbocycles. The van der Waals surface area contributed by atoms with Crippen molar-refractivity contribution in [1.82, 2.24) is 0 Å². The lowest BCUT2D eigenvalue weighted by Gasteiger charge is -2.09. The van der Waals surface area contributed by atoms with Gasteiger partial charge in [-0.3, -0.25) is 14.4 Å². The molecular weight excluding hydrogens is 542 g/mol. The van der Waals surface area contributed by atoms with Crippen LogP contribution in [0.1, 0.15) is 46.3 Å². The number of Topliss-reactive ketones (excluding diaryl/α,β-unsaturated/α-hetero) is 2. The van der Waals surface area contributed by atoms with E-state index in [2.05, 4.69) is 21.2 Å². The van der Waals surface area contributed by atoms with Crippen LogP contribution in [0, 0.1) is 6.92 Å². The number of aryl methyl sites for hydroxylation is 1.